The summed E-state index contributed by atoms with van der Waals surface area (Å²) in [7, 11) is 0. The van der Waals surface area contributed by atoms with Gasteiger partial charge >= 0.3 is 18.2 Å². The van der Waals surface area contributed by atoms with Gasteiger partial charge in [0, 0.05) is 13.1 Å². The van der Waals surface area contributed by atoms with Crippen molar-refractivity contribution in [1.29, 1.82) is 0 Å². The number of halogens is 3. The van der Waals surface area contributed by atoms with E-state index in [1.54, 1.807) is 4.90 Å². The van der Waals surface area contributed by atoms with E-state index in [1.807, 2.05) is 25.7 Å². The largest absolute Gasteiger partial charge is 0.471 e. The number of piperazine rings is 1. The van der Waals surface area contributed by atoms with Crippen molar-refractivity contribution in [2.75, 3.05) is 18.0 Å². The van der Waals surface area contributed by atoms with Crippen LogP contribution in [0.5, 0.6) is 0 Å². The third-order valence-electron chi connectivity index (χ3n) is 4.45. The molecule has 2 atom stereocenters. The Bertz CT molecular complexity index is 879. The molecular formula is C16H18F3N5O3S. The second-order valence-electron chi connectivity index (χ2n) is 7.76. The molecule has 2 bridgehead atoms. The molecule has 3 aliphatic rings. The molecule has 1 amide bonds. The number of fused-ring (bicyclic) bond motifs is 2. The van der Waals surface area contributed by atoms with Gasteiger partial charge in [-0.15, -0.1) is 0 Å². The minimum atomic E-state index is -4.68. The third kappa shape index (κ3) is 3.52. The Balaban J connectivity index is 1.43. The van der Waals surface area contributed by atoms with Gasteiger partial charge < -0.3 is 14.2 Å². The standard InChI is InChI=1S/C16H18F3N5O3S/c1-15(2,3)26-14(25)24-8-4-9(24)7-23(6-8)13-20-5-10(28-13)11-21-12(27-22-11)16(17,18)19/h5,8-9H,4,6-7H2,1-3H3/t8-,9+. The van der Waals surface area contributed by atoms with E-state index in [1.165, 1.54) is 17.5 Å². The minimum absolute atomic E-state index is 0.0305. The lowest BCUT2D eigenvalue weighted by molar-refractivity contribution is -0.159. The van der Waals surface area contributed by atoms with Gasteiger partial charge in [0.15, 0.2) is 5.13 Å². The summed E-state index contributed by atoms with van der Waals surface area (Å²) in [6.07, 6.45) is -2.68. The van der Waals surface area contributed by atoms with Crippen LogP contribution in [0.2, 0.25) is 0 Å². The zero-order valence-corrected chi connectivity index (χ0v) is 16.2. The van der Waals surface area contributed by atoms with Crippen LogP contribution in [0.25, 0.3) is 10.7 Å². The number of aromatic nitrogens is 3. The molecule has 12 heteroatoms. The molecule has 3 saturated heterocycles. The molecule has 8 nitrogen and oxygen atoms in total. The molecule has 5 rings (SSSR count). The topological polar surface area (TPSA) is 84.6 Å². The van der Waals surface area contributed by atoms with Crippen molar-refractivity contribution in [3.8, 4) is 10.7 Å². The second kappa shape index (κ2) is 6.33. The highest BCUT2D eigenvalue weighted by Crippen LogP contribution is 2.38. The van der Waals surface area contributed by atoms with Gasteiger partial charge in [-0.3, -0.25) is 4.90 Å². The van der Waals surface area contributed by atoms with Crippen molar-refractivity contribution in [3.63, 3.8) is 0 Å². The quantitative estimate of drug-likeness (QED) is 0.740. The number of anilines is 1. The van der Waals surface area contributed by atoms with E-state index in [9.17, 15) is 18.0 Å². The van der Waals surface area contributed by atoms with Crippen LogP contribution >= 0.6 is 11.3 Å². The van der Waals surface area contributed by atoms with Crippen molar-refractivity contribution in [3.05, 3.63) is 12.1 Å². The Morgan fingerprint density at radius 3 is 2.54 bits per heavy atom. The van der Waals surface area contributed by atoms with Gasteiger partial charge in [0.25, 0.3) is 0 Å². The predicted octanol–water partition coefficient (Wildman–Crippen LogP) is 3.41. The lowest BCUT2D eigenvalue weighted by Crippen LogP contribution is -2.70. The summed E-state index contributed by atoms with van der Waals surface area (Å²) in [6, 6.07) is 0.0610. The zero-order valence-electron chi connectivity index (χ0n) is 15.4. The van der Waals surface area contributed by atoms with E-state index in [4.69, 9.17) is 4.74 Å². The number of hydrogen-bond donors (Lipinski definition) is 0. The smallest absolute Gasteiger partial charge is 0.444 e. The molecule has 0 aliphatic carbocycles. The van der Waals surface area contributed by atoms with Crippen molar-refractivity contribution in [2.24, 2.45) is 0 Å². The molecule has 0 spiro atoms. The summed E-state index contributed by atoms with van der Waals surface area (Å²) in [5, 5.41) is 4.03. The van der Waals surface area contributed by atoms with E-state index >= 15 is 0 Å². The SMILES string of the molecule is CC(C)(C)OC(=O)N1[C@@H]2C[C@H]1CN(c1ncc(-c3noc(C(F)(F)F)n3)s1)C2. The van der Waals surface area contributed by atoms with Crippen LogP contribution in [-0.2, 0) is 10.9 Å². The normalized spacial score (nSPS) is 22.2. The molecular weight excluding hydrogens is 399 g/mol. The van der Waals surface area contributed by atoms with Gasteiger partial charge in [-0.05, 0) is 27.2 Å². The van der Waals surface area contributed by atoms with Crippen LogP contribution in [0, 0.1) is 0 Å². The molecule has 0 aromatic carbocycles. The van der Waals surface area contributed by atoms with Crippen LogP contribution in [0.4, 0.5) is 23.1 Å². The lowest BCUT2D eigenvalue weighted by atomic mass is 9.88. The van der Waals surface area contributed by atoms with Gasteiger partial charge in [-0.2, -0.15) is 18.2 Å². The third-order valence-corrected chi connectivity index (χ3v) is 5.50. The fourth-order valence-electron chi connectivity index (χ4n) is 3.33. The fraction of sp³-hybridized carbons (Fsp3) is 0.625. The van der Waals surface area contributed by atoms with E-state index in [2.05, 4.69) is 19.6 Å². The lowest BCUT2D eigenvalue weighted by Gasteiger charge is -2.55. The number of hydrogen-bond acceptors (Lipinski definition) is 8. The Hall–Kier alpha value is -2.37. The Labute approximate surface area is 162 Å². The number of carbonyl (C=O) groups is 1. The minimum Gasteiger partial charge on any atom is -0.444 e. The summed E-state index contributed by atoms with van der Waals surface area (Å²) >= 11 is 1.19. The molecule has 2 aromatic heterocycles. The molecule has 0 radical (unpaired) electrons. The first-order valence-corrected chi connectivity index (χ1v) is 9.46. The highest BCUT2D eigenvalue weighted by Gasteiger charge is 2.49. The van der Waals surface area contributed by atoms with Crippen molar-refractivity contribution in [1.82, 2.24) is 20.0 Å². The van der Waals surface area contributed by atoms with E-state index in [0.29, 0.717) is 23.1 Å². The van der Waals surface area contributed by atoms with Gasteiger partial charge in [-0.25, -0.2) is 9.78 Å². The average molecular weight is 417 g/mol. The van der Waals surface area contributed by atoms with E-state index in [-0.39, 0.29) is 24.0 Å². The molecule has 0 saturated carbocycles. The number of amides is 1. The first-order chi connectivity index (χ1) is 13.0. The Kier molecular flexibility index (Phi) is 4.28. The molecule has 3 aliphatic heterocycles. The molecule has 5 heterocycles. The van der Waals surface area contributed by atoms with Crippen LogP contribution in [0.1, 0.15) is 33.1 Å². The summed E-state index contributed by atoms with van der Waals surface area (Å²) in [5.41, 5.74) is -0.551. The maximum Gasteiger partial charge on any atom is 0.471 e. The van der Waals surface area contributed by atoms with Crippen LogP contribution in [0.15, 0.2) is 10.7 Å². The van der Waals surface area contributed by atoms with Crippen LogP contribution in [-0.4, -0.2) is 56.9 Å². The van der Waals surface area contributed by atoms with Gasteiger partial charge in [0.1, 0.15) is 5.60 Å². The summed E-state index contributed by atoms with van der Waals surface area (Å²) < 4.78 is 47.5. The number of nitrogens with zero attached hydrogens (tertiary/aromatic N) is 5. The first kappa shape index (κ1) is 19.0. The fourth-order valence-corrected chi connectivity index (χ4v) is 4.19. The zero-order chi connectivity index (χ0) is 20.3. The monoisotopic (exact) mass is 417 g/mol. The Morgan fingerprint density at radius 2 is 1.96 bits per heavy atom. The Morgan fingerprint density at radius 1 is 1.29 bits per heavy atom. The summed E-state index contributed by atoms with van der Waals surface area (Å²) in [4.78, 5) is 24.1. The van der Waals surface area contributed by atoms with Gasteiger partial charge in [0.05, 0.1) is 23.2 Å². The highest BCUT2D eigenvalue weighted by molar-refractivity contribution is 7.18. The van der Waals surface area contributed by atoms with Crippen LogP contribution in [0.3, 0.4) is 0 Å². The average Bonchev–Trinajstić information content (AvgIpc) is 3.22. The first-order valence-electron chi connectivity index (χ1n) is 8.64. The van der Waals surface area contributed by atoms with E-state index in [0.717, 1.165) is 6.42 Å². The number of piperidine rings is 1. The second-order valence-corrected chi connectivity index (χ2v) is 8.77. The number of ether oxygens (including phenoxy) is 1. The number of carbonyl (C=O) groups excluding carboxylic acids is 1. The molecule has 152 valence electrons. The number of alkyl halides is 3. The van der Waals surface area contributed by atoms with Crippen LogP contribution < -0.4 is 4.90 Å². The molecule has 2 aromatic rings. The van der Waals surface area contributed by atoms with Gasteiger partial charge in [-0.1, -0.05) is 16.5 Å². The number of rotatable bonds is 2. The van der Waals surface area contributed by atoms with Gasteiger partial charge in [0.2, 0.25) is 5.82 Å². The predicted molar refractivity (Wildman–Crippen MR) is 92.9 cm³/mol. The highest BCUT2D eigenvalue weighted by atomic mass is 32.1. The maximum atomic E-state index is 12.6. The van der Waals surface area contributed by atoms with Crippen molar-refractivity contribution < 1.29 is 27.2 Å². The molecule has 0 unspecified atom stereocenters. The van der Waals surface area contributed by atoms with E-state index < -0.39 is 17.7 Å². The molecule has 0 N–H and O–H groups in total. The molecule has 3 fully saturated rings. The number of thiazole rings is 1. The van der Waals surface area contributed by atoms with Crippen molar-refractivity contribution >= 4 is 22.6 Å². The summed E-state index contributed by atoms with van der Waals surface area (Å²) in [5.74, 6) is -1.53. The van der Waals surface area contributed by atoms with Crippen molar-refractivity contribution in [2.45, 2.75) is 51.1 Å². The summed E-state index contributed by atoms with van der Waals surface area (Å²) in [6.45, 7) is 6.65. The molecule has 28 heavy (non-hydrogen) atoms. The maximum absolute atomic E-state index is 12.6.